The van der Waals surface area contributed by atoms with E-state index in [0.29, 0.717) is 10.5 Å². The number of hydrogen-bond donors (Lipinski definition) is 1. The van der Waals surface area contributed by atoms with Gasteiger partial charge in [-0.3, -0.25) is 9.98 Å². The van der Waals surface area contributed by atoms with E-state index < -0.39 is 11.7 Å². The van der Waals surface area contributed by atoms with Crippen LogP contribution in [0.2, 0.25) is 0 Å². The maximum atomic E-state index is 12.4. The van der Waals surface area contributed by atoms with Crippen LogP contribution in [0.1, 0.15) is 16.1 Å². The van der Waals surface area contributed by atoms with Crippen LogP contribution >= 0.6 is 23.7 Å². The van der Waals surface area contributed by atoms with E-state index in [1.807, 2.05) is 13.8 Å². The summed E-state index contributed by atoms with van der Waals surface area (Å²) in [6.07, 6.45) is -4.33. The van der Waals surface area contributed by atoms with Gasteiger partial charge in [0.2, 0.25) is 0 Å². The zero-order chi connectivity index (χ0) is 13.5. The van der Waals surface area contributed by atoms with Gasteiger partial charge in [0.05, 0.1) is 5.56 Å². The minimum Gasteiger partial charge on any atom is -0.290 e. The Balaban J connectivity index is 0.00000180. The fourth-order valence-corrected chi connectivity index (χ4v) is 2.55. The summed E-state index contributed by atoms with van der Waals surface area (Å²) in [5.41, 5.74) is 0.780. The number of aromatic nitrogens is 1. The first kappa shape index (κ1) is 15.8. The molecule has 1 heterocycles. The topological polar surface area (TPSA) is 28.8 Å². The number of halogens is 4. The highest BCUT2D eigenvalue weighted by Crippen LogP contribution is 2.29. The van der Waals surface area contributed by atoms with Crippen molar-refractivity contribution in [3.63, 3.8) is 0 Å². The van der Waals surface area contributed by atoms with E-state index >= 15 is 0 Å². The molecular formula is C12H12ClF3N2S. The summed E-state index contributed by atoms with van der Waals surface area (Å²) < 4.78 is 39.0. The first-order valence-electron chi connectivity index (χ1n) is 5.22. The quantitative estimate of drug-likeness (QED) is 0.822. The van der Waals surface area contributed by atoms with Gasteiger partial charge < -0.3 is 0 Å². The van der Waals surface area contributed by atoms with Gasteiger partial charge in [0, 0.05) is 16.3 Å². The molecule has 1 aromatic heterocycles. The average molecular weight is 309 g/mol. The largest absolute Gasteiger partial charge is 0.416 e. The Hall–Kier alpha value is -1.27. The molecule has 0 unspecified atom stereocenters. The van der Waals surface area contributed by atoms with E-state index in [9.17, 15) is 13.2 Å². The predicted molar refractivity (Wildman–Crippen MR) is 71.2 cm³/mol. The van der Waals surface area contributed by atoms with Crippen LogP contribution in [-0.2, 0) is 6.18 Å². The number of nitrogens with zero attached hydrogens (tertiary/aromatic N) is 1. The molecule has 0 saturated carbocycles. The molecule has 1 N–H and O–H groups in total. The van der Waals surface area contributed by atoms with E-state index in [4.69, 9.17) is 5.41 Å². The summed E-state index contributed by atoms with van der Waals surface area (Å²) in [5.74, 6) is 0. The number of benzene rings is 1. The Bertz CT molecular complexity index is 626. The van der Waals surface area contributed by atoms with Crippen molar-refractivity contribution in [1.82, 2.24) is 4.57 Å². The monoisotopic (exact) mass is 308 g/mol. The van der Waals surface area contributed by atoms with E-state index in [-0.39, 0.29) is 12.4 Å². The van der Waals surface area contributed by atoms with Crippen LogP contribution in [-0.4, -0.2) is 4.57 Å². The zero-order valence-electron chi connectivity index (χ0n) is 10.2. The standard InChI is InChI=1S/C12H11F3N2S.ClH/c1-7-8(2)18-11(16)17(7)10-5-3-9(4-6-10)12(13,14)15;/h3-6,16H,1-2H3;1H. The van der Waals surface area contributed by atoms with Crippen molar-refractivity contribution in [3.05, 3.63) is 45.2 Å². The Morgan fingerprint density at radius 1 is 1.11 bits per heavy atom. The van der Waals surface area contributed by atoms with Crippen LogP contribution in [0.4, 0.5) is 13.2 Å². The molecule has 2 rings (SSSR count). The summed E-state index contributed by atoms with van der Waals surface area (Å²) in [6.45, 7) is 3.74. The molecule has 0 fully saturated rings. The van der Waals surface area contributed by atoms with Crippen molar-refractivity contribution >= 4 is 23.7 Å². The summed E-state index contributed by atoms with van der Waals surface area (Å²) in [5, 5.41) is 7.81. The summed E-state index contributed by atoms with van der Waals surface area (Å²) >= 11 is 1.31. The van der Waals surface area contributed by atoms with Crippen LogP contribution in [0, 0.1) is 19.3 Å². The second-order valence-corrected chi connectivity index (χ2v) is 5.13. The fourth-order valence-electron chi connectivity index (χ4n) is 1.68. The molecular weight excluding hydrogens is 297 g/mol. The molecule has 0 aliphatic heterocycles. The van der Waals surface area contributed by atoms with Gasteiger partial charge in [-0.05, 0) is 38.1 Å². The lowest BCUT2D eigenvalue weighted by Crippen LogP contribution is -2.13. The molecule has 0 aliphatic carbocycles. The van der Waals surface area contributed by atoms with Gasteiger partial charge in [0.15, 0.2) is 4.80 Å². The van der Waals surface area contributed by atoms with Crippen molar-refractivity contribution < 1.29 is 13.2 Å². The van der Waals surface area contributed by atoms with Crippen molar-refractivity contribution in [1.29, 1.82) is 5.41 Å². The Labute approximate surface area is 118 Å². The number of aryl methyl sites for hydroxylation is 1. The Morgan fingerprint density at radius 2 is 1.63 bits per heavy atom. The summed E-state index contributed by atoms with van der Waals surface area (Å²) in [4.78, 5) is 1.30. The molecule has 1 aromatic carbocycles. The normalized spacial score (nSPS) is 11.2. The summed E-state index contributed by atoms with van der Waals surface area (Å²) in [7, 11) is 0. The highest BCUT2D eigenvalue weighted by Gasteiger charge is 2.30. The zero-order valence-corrected chi connectivity index (χ0v) is 11.8. The van der Waals surface area contributed by atoms with Gasteiger partial charge in [-0.15, -0.1) is 23.7 Å². The number of rotatable bonds is 1. The van der Waals surface area contributed by atoms with Gasteiger partial charge in [-0.25, -0.2) is 0 Å². The molecule has 0 amide bonds. The molecule has 0 spiro atoms. The van der Waals surface area contributed by atoms with E-state index in [1.54, 1.807) is 4.57 Å². The van der Waals surface area contributed by atoms with Crippen molar-refractivity contribution in [2.75, 3.05) is 0 Å². The minimum atomic E-state index is -4.33. The lowest BCUT2D eigenvalue weighted by molar-refractivity contribution is -0.137. The van der Waals surface area contributed by atoms with Crippen molar-refractivity contribution in [2.45, 2.75) is 20.0 Å². The predicted octanol–water partition coefficient (Wildman–Crippen LogP) is 4.08. The number of hydrogen-bond acceptors (Lipinski definition) is 2. The Kier molecular flexibility index (Phi) is 4.47. The van der Waals surface area contributed by atoms with Crippen LogP contribution < -0.4 is 4.80 Å². The second kappa shape index (κ2) is 5.38. The van der Waals surface area contributed by atoms with Crippen molar-refractivity contribution in [2.24, 2.45) is 0 Å². The SMILES string of the molecule is Cc1sc(=N)n(-c2ccc(C(F)(F)F)cc2)c1C.Cl. The first-order valence-corrected chi connectivity index (χ1v) is 6.03. The van der Waals surface area contributed by atoms with Gasteiger partial charge in [0.1, 0.15) is 0 Å². The van der Waals surface area contributed by atoms with Crippen LogP contribution in [0.25, 0.3) is 5.69 Å². The molecule has 0 atom stereocenters. The number of thiazole rings is 1. The van der Waals surface area contributed by atoms with Crippen molar-refractivity contribution in [3.8, 4) is 5.69 Å². The van der Waals surface area contributed by atoms with E-state index in [1.165, 1.54) is 23.5 Å². The molecule has 0 radical (unpaired) electrons. The maximum Gasteiger partial charge on any atom is 0.416 e. The molecule has 0 bridgehead atoms. The van der Waals surface area contributed by atoms with Gasteiger partial charge >= 0.3 is 6.18 Å². The summed E-state index contributed by atoms with van der Waals surface area (Å²) in [6, 6.07) is 4.85. The highest BCUT2D eigenvalue weighted by molar-refractivity contribution is 7.09. The molecule has 2 nitrogen and oxygen atoms in total. The highest BCUT2D eigenvalue weighted by atomic mass is 35.5. The van der Waals surface area contributed by atoms with E-state index in [2.05, 4.69) is 0 Å². The fraction of sp³-hybridized carbons (Fsp3) is 0.250. The molecule has 19 heavy (non-hydrogen) atoms. The van der Waals surface area contributed by atoms with Gasteiger partial charge in [-0.1, -0.05) is 0 Å². The number of nitrogens with one attached hydrogen (secondary N) is 1. The lowest BCUT2D eigenvalue weighted by Gasteiger charge is -2.09. The molecule has 0 saturated heterocycles. The second-order valence-electron chi connectivity index (χ2n) is 3.93. The average Bonchev–Trinajstić information content (AvgIpc) is 2.52. The number of alkyl halides is 3. The van der Waals surface area contributed by atoms with E-state index in [0.717, 1.165) is 22.7 Å². The molecule has 2 aromatic rings. The van der Waals surface area contributed by atoms with Crippen LogP contribution in [0.5, 0.6) is 0 Å². The third-order valence-electron chi connectivity index (χ3n) is 2.75. The third kappa shape index (κ3) is 3.01. The van der Waals surface area contributed by atoms with Crippen LogP contribution in [0.15, 0.2) is 24.3 Å². The smallest absolute Gasteiger partial charge is 0.290 e. The van der Waals surface area contributed by atoms with Gasteiger partial charge in [-0.2, -0.15) is 13.2 Å². The maximum absolute atomic E-state index is 12.4. The lowest BCUT2D eigenvalue weighted by atomic mass is 10.2. The first-order chi connectivity index (χ1) is 8.30. The van der Waals surface area contributed by atoms with Gasteiger partial charge in [0.25, 0.3) is 0 Å². The third-order valence-corrected chi connectivity index (χ3v) is 3.73. The molecule has 0 aliphatic rings. The van der Waals surface area contributed by atoms with Crippen LogP contribution in [0.3, 0.4) is 0 Å². The molecule has 7 heteroatoms. The molecule has 104 valence electrons. The Morgan fingerprint density at radius 3 is 2.00 bits per heavy atom. The minimum absolute atomic E-state index is 0.